The van der Waals surface area contributed by atoms with Gasteiger partial charge in [0.05, 0.1) is 5.56 Å². The van der Waals surface area contributed by atoms with Crippen molar-refractivity contribution in [3.8, 4) is 0 Å². The van der Waals surface area contributed by atoms with E-state index in [1.54, 1.807) is 12.1 Å². The molecule has 0 aliphatic rings. The molecule has 31 heavy (non-hydrogen) atoms. The molecule has 3 heteroatoms. The summed E-state index contributed by atoms with van der Waals surface area (Å²) in [6.07, 6.45) is 4.91. The van der Waals surface area contributed by atoms with Gasteiger partial charge < -0.3 is 5.11 Å². The van der Waals surface area contributed by atoms with E-state index in [1.807, 2.05) is 19.2 Å². The second-order valence-electron chi connectivity index (χ2n) is 8.47. The van der Waals surface area contributed by atoms with Gasteiger partial charge in [-0.05, 0) is 78.3 Å². The van der Waals surface area contributed by atoms with Crippen molar-refractivity contribution in [3.63, 3.8) is 0 Å². The van der Waals surface area contributed by atoms with Crippen LogP contribution in [0.1, 0.15) is 59.3 Å². The number of benzene rings is 3. The second kappa shape index (κ2) is 9.74. The first-order valence-corrected chi connectivity index (χ1v) is 10.8. The van der Waals surface area contributed by atoms with Crippen LogP contribution in [-0.4, -0.2) is 17.3 Å². The highest BCUT2D eigenvalue weighted by Gasteiger charge is 2.20. The fourth-order valence-electron chi connectivity index (χ4n) is 4.06. The maximum Gasteiger partial charge on any atom is 0.335 e. The first kappa shape index (κ1) is 22.5. The molecule has 0 spiro atoms. The Kier molecular flexibility index (Phi) is 7.06. The molecule has 160 valence electrons. The van der Waals surface area contributed by atoms with Crippen LogP contribution < -0.4 is 0 Å². The summed E-state index contributed by atoms with van der Waals surface area (Å²) in [7, 11) is 0. The molecule has 0 amide bonds. The van der Waals surface area contributed by atoms with Crippen LogP contribution in [0.4, 0.5) is 0 Å². The van der Waals surface area contributed by atoms with Gasteiger partial charge in [-0.3, -0.25) is 4.99 Å². The van der Waals surface area contributed by atoms with E-state index in [9.17, 15) is 9.90 Å². The number of hydrogen-bond acceptors (Lipinski definition) is 2. The van der Waals surface area contributed by atoms with Gasteiger partial charge in [-0.1, -0.05) is 62.4 Å². The van der Waals surface area contributed by atoms with E-state index in [1.165, 1.54) is 22.3 Å². The van der Waals surface area contributed by atoms with E-state index in [-0.39, 0.29) is 5.92 Å². The highest BCUT2D eigenvalue weighted by atomic mass is 16.4. The second-order valence-corrected chi connectivity index (χ2v) is 8.47. The SMILES string of the molecule is CC=N/C(=C\C(C)C)C(Cc1ccc2ccc(C(=O)O)cc2c1)c1cccc(C)c1C. The van der Waals surface area contributed by atoms with E-state index < -0.39 is 5.97 Å². The molecule has 0 heterocycles. The van der Waals surface area contributed by atoms with Gasteiger partial charge in [0, 0.05) is 17.8 Å². The minimum absolute atomic E-state index is 0.124. The highest BCUT2D eigenvalue weighted by molar-refractivity contribution is 5.94. The average Bonchev–Trinajstić information content (AvgIpc) is 2.73. The Hall–Kier alpha value is -3.20. The number of nitrogens with zero attached hydrogens (tertiary/aromatic N) is 1. The lowest BCUT2D eigenvalue weighted by Gasteiger charge is -2.22. The Morgan fingerprint density at radius 1 is 1.03 bits per heavy atom. The van der Waals surface area contributed by atoms with Gasteiger partial charge in [-0.25, -0.2) is 4.79 Å². The lowest BCUT2D eigenvalue weighted by atomic mass is 9.84. The Labute approximate surface area is 185 Å². The molecule has 0 aromatic heterocycles. The maximum atomic E-state index is 11.4. The summed E-state index contributed by atoms with van der Waals surface area (Å²) in [5.41, 5.74) is 6.41. The predicted octanol–water partition coefficient (Wildman–Crippen LogP) is 7.11. The van der Waals surface area contributed by atoms with Gasteiger partial charge in [0.25, 0.3) is 0 Å². The Morgan fingerprint density at radius 3 is 2.45 bits per heavy atom. The van der Waals surface area contributed by atoms with Crippen LogP contribution in [0.2, 0.25) is 0 Å². The topological polar surface area (TPSA) is 49.7 Å². The summed E-state index contributed by atoms with van der Waals surface area (Å²) < 4.78 is 0. The lowest BCUT2D eigenvalue weighted by molar-refractivity contribution is 0.0697. The van der Waals surface area contributed by atoms with Gasteiger partial charge in [-0.2, -0.15) is 0 Å². The molecule has 0 aliphatic carbocycles. The van der Waals surface area contributed by atoms with Gasteiger partial charge in [0.1, 0.15) is 0 Å². The van der Waals surface area contributed by atoms with Crippen molar-refractivity contribution in [3.05, 3.63) is 94.2 Å². The molecular formula is C28H31NO2. The van der Waals surface area contributed by atoms with E-state index >= 15 is 0 Å². The molecule has 3 aromatic carbocycles. The van der Waals surface area contributed by atoms with Crippen LogP contribution >= 0.6 is 0 Å². The maximum absolute atomic E-state index is 11.4. The number of aryl methyl sites for hydroxylation is 1. The van der Waals surface area contributed by atoms with Crippen LogP contribution in [0.15, 0.2) is 71.4 Å². The van der Waals surface area contributed by atoms with Crippen LogP contribution in [0.3, 0.4) is 0 Å². The zero-order chi connectivity index (χ0) is 22.5. The van der Waals surface area contributed by atoms with E-state index in [4.69, 9.17) is 4.99 Å². The fraction of sp³-hybridized carbons (Fsp3) is 0.286. The third-order valence-electron chi connectivity index (χ3n) is 5.75. The van der Waals surface area contributed by atoms with E-state index in [2.05, 4.69) is 70.2 Å². The number of allylic oxidation sites excluding steroid dienone is 2. The zero-order valence-electron chi connectivity index (χ0n) is 19.0. The Bertz CT molecular complexity index is 1150. The van der Waals surface area contributed by atoms with Gasteiger partial charge in [0.2, 0.25) is 0 Å². The molecule has 0 bridgehead atoms. The summed E-state index contributed by atoms with van der Waals surface area (Å²) in [6.45, 7) is 10.6. The van der Waals surface area contributed by atoms with Crippen molar-refractivity contribution >= 4 is 23.0 Å². The standard InChI is InChI=1S/C28H31NO2/c1-6-29-27(14-18(2)3)26(25-9-7-8-19(4)20(25)5)16-21-10-11-22-12-13-23(28(30)31)17-24(22)15-21/h6-15,17-18,26H,16H2,1-5H3,(H,30,31)/b27-14-,29-6?. The van der Waals surface area contributed by atoms with Crippen LogP contribution in [0, 0.1) is 19.8 Å². The van der Waals surface area contributed by atoms with Crippen LogP contribution in [0.5, 0.6) is 0 Å². The number of aliphatic imine (C=N–C) groups is 1. The smallest absolute Gasteiger partial charge is 0.335 e. The highest BCUT2D eigenvalue weighted by Crippen LogP contribution is 2.34. The summed E-state index contributed by atoms with van der Waals surface area (Å²) >= 11 is 0. The molecule has 1 N–H and O–H groups in total. The molecule has 0 fully saturated rings. The number of fused-ring (bicyclic) bond motifs is 1. The largest absolute Gasteiger partial charge is 0.478 e. The number of aromatic carboxylic acids is 1. The quantitative estimate of drug-likeness (QED) is 0.420. The Balaban J connectivity index is 2.11. The van der Waals surface area contributed by atoms with Crippen molar-refractivity contribution in [1.29, 1.82) is 0 Å². The zero-order valence-corrected chi connectivity index (χ0v) is 19.0. The number of carbonyl (C=O) groups is 1. The minimum Gasteiger partial charge on any atom is -0.478 e. The summed E-state index contributed by atoms with van der Waals surface area (Å²) in [5.74, 6) is -0.389. The van der Waals surface area contributed by atoms with E-state index in [0.29, 0.717) is 11.5 Å². The molecule has 1 atom stereocenters. The third kappa shape index (κ3) is 5.29. The molecule has 3 rings (SSSR count). The Morgan fingerprint density at radius 2 is 1.77 bits per heavy atom. The predicted molar refractivity (Wildman–Crippen MR) is 130 cm³/mol. The lowest BCUT2D eigenvalue weighted by Crippen LogP contribution is -2.09. The fourth-order valence-corrected chi connectivity index (χ4v) is 4.06. The molecule has 0 aliphatic heterocycles. The van der Waals surface area contributed by atoms with Crippen molar-refractivity contribution < 1.29 is 9.90 Å². The monoisotopic (exact) mass is 413 g/mol. The molecule has 1 unspecified atom stereocenters. The third-order valence-corrected chi connectivity index (χ3v) is 5.75. The number of hydrogen-bond donors (Lipinski definition) is 1. The average molecular weight is 414 g/mol. The van der Waals surface area contributed by atoms with E-state index in [0.717, 1.165) is 22.9 Å². The summed E-state index contributed by atoms with van der Waals surface area (Å²) in [5, 5.41) is 11.3. The van der Waals surface area contributed by atoms with Gasteiger partial charge >= 0.3 is 5.97 Å². The molecule has 3 aromatic rings. The van der Waals surface area contributed by atoms with Gasteiger partial charge in [-0.15, -0.1) is 0 Å². The summed E-state index contributed by atoms with van der Waals surface area (Å²) in [4.78, 5) is 16.2. The number of carboxylic acids is 1. The van der Waals surface area contributed by atoms with Crippen molar-refractivity contribution in [2.75, 3.05) is 0 Å². The molecule has 0 saturated heterocycles. The van der Waals surface area contributed by atoms with Crippen molar-refractivity contribution in [2.45, 2.75) is 47.0 Å². The molecule has 0 saturated carbocycles. The van der Waals surface area contributed by atoms with Crippen LogP contribution in [0.25, 0.3) is 10.8 Å². The normalized spacial score (nSPS) is 13.3. The van der Waals surface area contributed by atoms with Crippen molar-refractivity contribution in [2.24, 2.45) is 10.9 Å². The first-order chi connectivity index (χ1) is 14.8. The first-order valence-electron chi connectivity index (χ1n) is 10.8. The number of carboxylic acid groups (broad SMARTS) is 1. The number of rotatable bonds is 7. The molecule has 0 radical (unpaired) electrons. The minimum atomic E-state index is -0.903. The summed E-state index contributed by atoms with van der Waals surface area (Å²) in [6, 6.07) is 18.1. The molecular weight excluding hydrogens is 382 g/mol. The van der Waals surface area contributed by atoms with Crippen molar-refractivity contribution in [1.82, 2.24) is 0 Å². The van der Waals surface area contributed by atoms with Gasteiger partial charge in [0.15, 0.2) is 0 Å². The van der Waals surface area contributed by atoms with Crippen LogP contribution in [-0.2, 0) is 6.42 Å². The molecule has 3 nitrogen and oxygen atoms in total.